The lowest BCUT2D eigenvalue weighted by Crippen LogP contribution is -2.53. The fourth-order valence-electron chi connectivity index (χ4n) is 8.55. The van der Waals surface area contributed by atoms with E-state index in [1.54, 1.807) is 0 Å². The van der Waals surface area contributed by atoms with E-state index in [1.165, 1.54) is 101 Å². The summed E-state index contributed by atoms with van der Waals surface area (Å²) in [5.41, 5.74) is 15.9. The summed E-state index contributed by atoms with van der Waals surface area (Å²) in [7, 11) is 0. The molecule has 2 aliphatic rings. The molecule has 2 aliphatic heterocycles. The van der Waals surface area contributed by atoms with Gasteiger partial charge in [0.1, 0.15) is 0 Å². The molecule has 0 aliphatic carbocycles. The van der Waals surface area contributed by atoms with Gasteiger partial charge >= 0.3 is 0 Å². The monoisotopic (exact) mass is 674 g/mol. The standard InChI is InChI=1S/C46H47BS2/c1-43(2,3)24-16-30-28-14-13-15-29-31-17-25(44(4,5)6)21-35-39(31)41-33(19-27(46(10,11)12)23-37(41)49-35)47(42(28)29)32-18-26(45(7,8)9)22-36-40(32)38(30)34(20-24)48-36/h13-23H,1-12H3. The van der Waals surface area contributed by atoms with Crippen molar-refractivity contribution in [3.63, 3.8) is 0 Å². The number of benzene rings is 5. The first-order valence-electron chi connectivity index (χ1n) is 18.0. The maximum absolute atomic E-state index is 2.61. The van der Waals surface area contributed by atoms with Crippen molar-refractivity contribution < 1.29 is 0 Å². The van der Waals surface area contributed by atoms with E-state index in [1.807, 2.05) is 22.7 Å². The molecule has 0 N–H and O–H groups in total. The smallest absolute Gasteiger partial charge is 0.135 e. The lowest BCUT2D eigenvalue weighted by molar-refractivity contribution is 0.591. The highest BCUT2D eigenvalue weighted by atomic mass is 32.1. The predicted octanol–water partition coefficient (Wildman–Crippen LogP) is 12.1. The van der Waals surface area contributed by atoms with Gasteiger partial charge in [-0.05, 0) is 113 Å². The fourth-order valence-corrected chi connectivity index (χ4v) is 11.0. The maximum Gasteiger partial charge on any atom is 0.244 e. The van der Waals surface area contributed by atoms with Crippen LogP contribution in [0.1, 0.15) is 105 Å². The SMILES string of the molecule is CC(C)(C)c1cc2c3c(c1)sc1cc(C(C)(C)C)cc(c13)-c1cccc3c1B2c1cc(C(C)(C)C)cc2sc4cc(C(C)(C)C)cc-3c4c12. The van der Waals surface area contributed by atoms with Gasteiger partial charge in [-0.3, -0.25) is 0 Å². The van der Waals surface area contributed by atoms with Crippen molar-refractivity contribution in [1.82, 2.24) is 0 Å². The largest absolute Gasteiger partial charge is 0.244 e. The van der Waals surface area contributed by atoms with Crippen molar-refractivity contribution >= 4 is 86.1 Å². The van der Waals surface area contributed by atoms with Gasteiger partial charge in [-0.2, -0.15) is 0 Å². The summed E-state index contributed by atoms with van der Waals surface area (Å²) in [6.07, 6.45) is 0. The second-order valence-electron chi connectivity index (χ2n) is 19.1. The average molecular weight is 675 g/mol. The molecule has 0 amide bonds. The molecular formula is C46H47BS2. The van der Waals surface area contributed by atoms with Gasteiger partial charge in [-0.1, -0.05) is 130 Å². The van der Waals surface area contributed by atoms with Crippen molar-refractivity contribution in [2.45, 2.75) is 105 Å². The molecule has 0 unspecified atom stereocenters. The van der Waals surface area contributed by atoms with Gasteiger partial charge < -0.3 is 0 Å². The van der Waals surface area contributed by atoms with Crippen LogP contribution in [0.15, 0.2) is 66.7 Å². The van der Waals surface area contributed by atoms with Crippen LogP contribution in [0.4, 0.5) is 0 Å². The molecule has 0 saturated heterocycles. The van der Waals surface area contributed by atoms with E-state index in [9.17, 15) is 0 Å². The summed E-state index contributed by atoms with van der Waals surface area (Å²) in [6, 6.07) is 27.6. The molecule has 0 nitrogen and oxygen atoms in total. The van der Waals surface area contributed by atoms with Crippen molar-refractivity contribution in [2.75, 3.05) is 0 Å². The van der Waals surface area contributed by atoms with Gasteiger partial charge in [0.15, 0.2) is 0 Å². The Labute approximate surface area is 300 Å². The zero-order valence-corrected chi connectivity index (χ0v) is 32.9. The van der Waals surface area contributed by atoms with E-state index in [4.69, 9.17) is 0 Å². The molecule has 7 aromatic rings. The zero-order valence-electron chi connectivity index (χ0n) is 31.2. The zero-order chi connectivity index (χ0) is 34.7. The topological polar surface area (TPSA) is 0 Å². The Hall–Kier alpha value is -3.40. The first kappa shape index (κ1) is 31.6. The Balaban J connectivity index is 1.57. The van der Waals surface area contributed by atoms with E-state index in [0.717, 1.165) is 0 Å². The summed E-state index contributed by atoms with van der Waals surface area (Å²) in [5.74, 6) is 0. The van der Waals surface area contributed by atoms with Crippen LogP contribution < -0.4 is 16.4 Å². The third-order valence-electron chi connectivity index (χ3n) is 11.5. The predicted molar refractivity (Wildman–Crippen MR) is 223 cm³/mol. The first-order chi connectivity index (χ1) is 22.8. The molecule has 5 aromatic carbocycles. The van der Waals surface area contributed by atoms with Crippen LogP contribution in [0.3, 0.4) is 0 Å². The molecular weight excluding hydrogens is 627 g/mol. The highest BCUT2D eigenvalue weighted by Gasteiger charge is 2.40. The number of rotatable bonds is 0. The number of thiophene rings is 2. The van der Waals surface area contributed by atoms with E-state index in [-0.39, 0.29) is 28.4 Å². The molecule has 246 valence electrons. The van der Waals surface area contributed by atoms with Crippen molar-refractivity contribution in [2.24, 2.45) is 0 Å². The quantitative estimate of drug-likeness (QED) is 0.140. The summed E-state index contributed by atoms with van der Waals surface area (Å²) >= 11 is 4.01. The van der Waals surface area contributed by atoms with Gasteiger partial charge in [0.05, 0.1) is 0 Å². The molecule has 3 heteroatoms. The number of hydrogen-bond donors (Lipinski definition) is 0. The highest BCUT2D eigenvalue weighted by molar-refractivity contribution is 7.27. The van der Waals surface area contributed by atoms with Crippen LogP contribution in [0.25, 0.3) is 62.6 Å². The molecule has 9 rings (SSSR count). The molecule has 2 aromatic heterocycles. The Morgan fingerprint density at radius 2 is 0.714 bits per heavy atom. The van der Waals surface area contributed by atoms with E-state index in [2.05, 4.69) is 150 Å². The molecule has 49 heavy (non-hydrogen) atoms. The molecule has 0 atom stereocenters. The Morgan fingerprint density at radius 3 is 1.06 bits per heavy atom. The molecule has 0 radical (unpaired) electrons. The van der Waals surface area contributed by atoms with Crippen LogP contribution in [0.5, 0.6) is 0 Å². The summed E-state index contributed by atoms with van der Waals surface area (Å²) in [6.45, 7) is 28.6. The van der Waals surface area contributed by atoms with Crippen LogP contribution in [-0.4, -0.2) is 6.71 Å². The molecule has 0 fully saturated rings. The number of hydrogen-bond acceptors (Lipinski definition) is 2. The third kappa shape index (κ3) is 4.47. The average Bonchev–Trinajstić information content (AvgIpc) is 3.49. The van der Waals surface area contributed by atoms with Crippen molar-refractivity contribution in [3.8, 4) is 22.3 Å². The fraction of sp³-hybridized carbons (Fsp3) is 0.348. The minimum absolute atomic E-state index is 0.0302. The van der Waals surface area contributed by atoms with Gasteiger partial charge in [0, 0.05) is 29.6 Å². The van der Waals surface area contributed by atoms with Crippen LogP contribution in [0, 0.1) is 0 Å². The van der Waals surface area contributed by atoms with Gasteiger partial charge in [-0.25, -0.2) is 0 Å². The van der Waals surface area contributed by atoms with Crippen LogP contribution >= 0.6 is 22.7 Å². The molecule has 0 spiro atoms. The van der Waals surface area contributed by atoms with E-state index in [0.29, 0.717) is 0 Å². The van der Waals surface area contributed by atoms with Gasteiger partial charge in [0.2, 0.25) is 6.71 Å². The third-order valence-corrected chi connectivity index (χ3v) is 13.6. The van der Waals surface area contributed by atoms with E-state index < -0.39 is 0 Å². The minimum atomic E-state index is 0.0302. The summed E-state index contributed by atoms with van der Waals surface area (Å²) < 4.78 is 5.69. The van der Waals surface area contributed by atoms with Crippen LogP contribution in [-0.2, 0) is 21.7 Å². The highest BCUT2D eigenvalue weighted by Crippen LogP contribution is 2.49. The van der Waals surface area contributed by atoms with Crippen LogP contribution in [0.2, 0.25) is 0 Å². The maximum atomic E-state index is 2.61. The molecule has 0 bridgehead atoms. The normalized spacial score (nSPS) is 14.5. The molecule has 0 saturated carbocycles. The minimum Gasteiger partial charge on any atom is -0.135 e. The number of fused-ring (bicyclic) bond motifs is 4. The lowest BCUT2D eigenvalue weighted by Gasteiger charge is -2.26. The lowest BCUT2D eigenvalue weighted by atomic mass is 9.34. The van der Waals surface area contributed by atoms with E-state index >= 15 is 0 Å². The second-order valence-corrected chi connectivity index (χ2v) is 21.2. The summed E-state index contributed by atoms with van der Waals surface area (Å²) in [4.78, 5) is 0. The molecule has 4 heterocycles. The second kappa shape index (κ2) is 9.68. The Bertz CT molecular complexity index is 2400. The Morgan fingerprint density at radius 1 is 0.388 bits per heavy atom. The van der Waals surface area contributed by atoms with Gasteiger partial charge in [-0.15, -0.1) is 22.7 Å². The summed E-state index contributed by atoms with van der Waals surface area (Å²) in [5, 5.41) is 5.84. The van der Waals surface area contributed by atoms with Crippen molar-refractivity contribution in [1.29, 1.82) is 0 Å². The first-order valence-corrected chi connectivity index (χ1v) is 19.7. The Kier molecular flexibility index (Phi) is 6.24. The van der Waals surface area contributed by atoms with Crippen molar-refractivity contribution in [3.05, 3.63) is 89.0 Å². The van der Waals surface area contributed by atoms with Gasteiger partial charge in [0.25, 0.3) is 0 Å².